The van der Waals surface area contributed by atoms with Crippen LogP contribution in [0.5, 0.6) is 0 Å². The smallest absolute Gasteiger partial charge is 0.246 e. The Kier molecular flexibility index (Phi) is 4.19. The monoisotopic (exact) mass is 369 g/mol. The van der Waals surface area contributed by atoms with Gasteiger partial charge in [0.2, 0.25) is 10.0 Å². The van der Waals surface area contributed by atoms with E-state index in [1.54, 1.807) is 0 Å². The average molecular weight is 371 g/mol. The van der Waals surface area contributed by atoms with E-state index >= 15 is 0 Å². The summed E-state index contributed by atoms with van der Waals surface area (Å²) in [6, 6.07) is 2.38. The molecule has 0 amide bonds. The van der Waals surface area contributed by atoms with E-state index in [4.69, 9.17) is 34.8 Å². The molecule has 0 aliphatic carbocycles. The first-order chi connectivity index (χ1) is 9.80. The van der Waals surface area contributed by atoms with Crippen LogP contribution in [0.1, 0.15) is 25.7 Å². The molecule has 2 fully saturated rings. The van der Waals surface area contributed by atoms with Crippen molar-refractivity contribution in [1.29, 1.82) is 0 Å². The summed E-state index contributed by atoms with van der Waals surface area (Å²) in [4.78, 5) is -0.0940. The molecule has 1 aromatic rings. The van der Waals surface area contributed by atoms with Crippen molar-refractivity contribution >= 4 is 44.8 Å². The van der Waals surface area contributed by atoms with Gasteiger partial charge < -0.3 is 5.11 Å². The van der Waals surface area contributed by atoms with Gasteiger partial charge in [-0.15, -0.1) is 0 Å². The minimum absolute atomic E-state index is 0.0259. The summed E-state index contributed by atoms with van der Waals surface area (Å²) in [5.74, 6) is 0. The van der Waals surface area contributed by atoms with Crippen molar-refractivity contribution in [2.45, 2.75) is 48.8 Å². The van der Waals surface area contributed by atoms with E-state index in [1.165, 1.54) is 16.4 Å². The molecular weight excluding hydrogens is 357 g/mol. The van der Waals surface area contributed by atoms with Crippen LogP contribution < -0.4 is 0 Å². The zero-order valence-corrected chi connectivity index (χ0v) is 14.1. The lowest BCUT2D eigenvalue weighted by molar-refractivity contribution is 0.0769. The second-order valence-corrected chi connectivity index (χ2v) is 8.57. The molecular formula is C13H14Cl3NO3S. The number of nitrogens with zero attached hydrogens (tertiary/aromatic N) is 1. The Morgan fingerprint density at radius 3 is 2.00 bits per heavy atom. The first-order valence-corrected chi connectivity index (χ1v) is 9.24. The maximum atomic E-state index is 12.9. The Morgan fingerprint density at radius 2 is 1.52 bits per heavy atom. The molecule has 21 heavy (non-hydrogen) atoms. The highest BCUT2D eigenvalue weighted by Crippen LogP contribution is 2.43. The number of aliphatic hydroxyl groups is 1. The van der Waals surface area contributed by atoms with Crippen LogP contribution in [0.25, 0.3) is 0 Å². The standard InChI is InChI=1S/C13H14Cl3NO3S/c14-7-3-11(15)13(12(16)4-7)21(19,20)17-8-1-2-9(17)6-10(18)5-8/h3-4,8-10,18H,1-2,5-6H2. The maximum absolute atomic E-state index is 12.9. The second-order valence-electron chi connectivity index (χ2n) is 5.54. The number of benzene rings is 1. The Bertz CT molecular complexity index is 642. The van der Waals surface area contributed by atoms with E-state index in [-0.39, 0.29) is 27.0 Å². The Labute approximate surface area is 138 Å². The molecule has 3 rings (SSSR count). The molecule has 2 aliphatic rings. The van der Waals surface area contributed by atoms with Crippen molar-refractivity contribution in [2.24, 2.45) is 0 Å². The molecule has 2 saturated heterocycles. The Hall–Kier alpha value is -0.0400. The highest BCUT2D eigenvalue weighted by molar-refractivity contribution is 7.89. The van der Waals surface area contributed by atoms with Crippen molar-refractivity contribution < 1.29 is 13.5 Å². The molecule has 0 saturated carbocycles. The number of piperidine rings is 1. The van der Waals surface area contributed by atoms with Crippen LogP contribution in [-0.4, -0.2) is 36.0 Å². The molecule has 2 aliphatic heterocycles. The van der Waals surface area contributed by atoms with Gasteiger partial charge in [-0.3, -0.25) is 0 Å². The van der Waals surface area contributed by atoms with Gasteiger partial charge in [0.1, 0.15) is 4.90 Å². The molecule has 8 heteroatoms. The van der Waals surface area contributed by atoms with Crippen LogP contribution in [0.3, 0.4) is 0 Å². The first kappa shape index (κ1) is 15.8. The molecule has 2 heterocycles. The number of rotatable bonds is 2. The quantitative estimate of drug-likeness (QED) is 0.869. The van der Waals surface area contributed by atoms with Crippen LogP contribution in [0, 0.1) is 0 Å². The number of fused-ring (bicyclic) bond motifs is 2. The lowest BCUT2D eigenvalue weighted by atomic mass is 10.0. The summed E-state index contributed by atoms with van der Waals surface area (Å²) in [7, 11) is -3.80. The Morgan fingerprint density at radius 1 is 1.05 bits per heavy atom. The summed E-state index contributed by atoms with van der Waals surface area (Å²) in [5, 5.41) is 10.1. The van der Waals surface area contributed by atoms with Crippen molar-refractivity contribution in [2.75, 3.05) is 0 Å². The van der Waals surface area contributed by atoms with Crippen molar-refractivity contribution in [3.05, 3.63) is 27.2 Å². The third-order valence-corrected chi connectivity index (χ3v) is 7.29. The normalized spacial score (nSPS) is 29.8. The van der Waals surface area contributed by atoms with Gasteiger partial charge >= 0.3 is 0 Å². The molecule has 4 nitrogen and oxygen atoms in total. The average Bonchev–Trinajstić information content (AvgIpc) is 2.61. The third-order valence-electron chi connectivity index (χ3n) is 4.14. The Balaban J connectivity index is 2.06. The minimum Gasteiger partial charge on any atom is -0.393 e. The summed E-state index contributed by atoms with van der Waals surface area (Å²) >= 11 is 18.0. The molecule has 2 bridgehead atoms. The fraction of sp³-hybridized carbons (Fsp3) is 0.538. The highest BCUT2D eigenvalue weighted by Gasteiger charge is 2.47. The predicted octanol–water partition coefficient (Wildman–Crippen LogP) is 3.32. The van der Waals surface area contributed by atoms with Gasteiger partial charge in [0.05, 0.1) is 16.1 Å². The van der Waals surface area contributed by atoms with Crippen LogP contribution in [0.15, 0.2) is 17.0 Å². The number of halogens is 3. The molecule has 2 atom stereocenters. The van der Waals surface area contributed by atoms with Gasteiger partial charge in [-0.2, -0.15) is 4.31 Å². The van der Waals surface area contributed by atoms with Gasteiger partial charge in [-0.05, 0) is 37.8 Å². The van der Waals surface area contributed by atoms with Crippen molar-refractivity contribution in [3.63, 3.8) is 0 Å². The van der Waals surface area contributed by atoms with E-state index < -0.39 is 16.1 Å². The van der Waals surface area contributed by atoms with Crippen LogP contribution in [-0.2, 0) is 10.0 Å². The fourth-order valence-electron chi connectivity index (χ4n) is 3.38. The SMILES string of the molecule is O=S(=O)(c1c(Cl)cc(Cl)cc1Cl)N1C2CCC1CC(O)C2. The minimum atomic E-state index is -3.80. The zero-order valence-electron chi connectivity index (χ0n) is 11.0. The van der Waals surface area contributed by atoms with E-state index in [0.29, 0.717) is 17.9 Å². The number of aliphatic hydroxyl groups excluding tert-OH is 1. The predicted molar refractivity (Wildman–Crippen MR) is 82.5 cm³/mol. The summed E-state index contributed by atoms with van der Waals surface area (Å²) in [6.45, 7) is 0. The highest BCUT2D eigenvalue weighted by atomic mass is 35.5. The van der Waals surface area contributed by atoms with Crippen molar-refractivity contribution in [3.8, 4) is 0 Å². The number of hydrogen-bond donors (Lipinski definition) is 1. The molecule has 116 valence electrons. The maximum Gasteiger partial charge on any atom is 0.246 e. The second kappa shape index (κ2) is 5.55. The van der Waals surface area contributed by atoms with Crippen LogP contribution in [0.4, 0.5) is 0 Å². The molecule has 0 aromatic heterocycles. The number of hydrogen-bond acceptors (Lipinski definition) is 3. The van der Waals surface area contributed by atoms with Gasteiger partial charge in [0.25, 0.3) is 0 Å². The molecule has 0 spiro atoms. The van der Waals surface area contributed by atoms with Crippen LogP contribution >= 0.6 is 34.8 Å². The van der Waals surface area contributed by atoms with E-state index in [9.17, 15) is 13.5 Å². The fourth-order valence-corrected chi connectivity index (χ4v) is 6.77. The first-order valence-electron chi connectivity index (χ1n) is 6.67. The van der Waals surface area contributed by atoms with Crippen molar-refractivity contribution in [1.82, 2.24) is 4.31 Å². The van der Waals surface area contributed by atoms with Crippen LogP contribution in [0.2, 0.25) is 15.1 Å². The van der Waals surface area contributed by atoms with Gasteiger partial charge in [-0.1, -0.05) is 34.8 Å². The largest absolute Gasteiger partial charge is 0.393 e. The molecule has 2 unspecified atom stereocenters. The van der Waals surface area contributed by atoms with Gasteiger partial charge in [0.15, 0.2) is 0 Å². The van der Waals surface area contributed by atoms with E-state index in [0.717, 1.165) is 12.8 Å². The van der Waals surface area contributed by atoms with Gasteiger partial charge in [0, 0.05) is 17.1 Å². The number of sulfonamides is 1. The molecule has 1 N–H and O–H groups in total. The van der Waals surface area contributed by atoms with Gasteiger partial charge in [-0.25, -0.2) is 8.42 Å². The third kappa shape index (κ3) is 2.69. The molecule has 1 aromatic carbocycles. The lowest BCUT2D eigenvalue weighted by Gasteiger charge is -2.36. The van der Waals surface area contributed by atoms with E-state index in [2.05, 4.69) is 0 Å². The topological polar surface area (TPSA) is 57.6 Å². The zero-order chi connectivity index (χ0) is 15.4. The lowest BCUT2D eigenvalue weighted by Crippen LogP contribution is -2.47. The summed E-state index contributed by atoms with van der Waals surface area (Å²) < 4.78 is 27.4. The molecule has 0 radical (unpaired) electrons. The summed E-state index contributed by atoms with van der Waals surface area (Å²) in [5.41, 5.74) is 0. The van der Waals surface area contributed by atoms with E-state index in [1.807, 2.05) is 0 Å². The summed E-state index contributed by atoms with van der Waals surface area (Å²) in [6.07, 6.45) is 1.98.